The molecule has 2 atom stereocenters. The van der Waals surface area contributed by atoms with Crippen LogP contribution >= 0.6 is 0 Å². The molecule has 0 fully saturated rings. The van der Waals surface area contributed by atoms with Crippen molar-refractivity contribution in [1.29, 1.82) is 0 Å². The van der Waals surface area contributed by atoms with Gasteiger partial charge in [-0.05, 0) is 3.77 Å². The van der Waals surface area contributed by atoms with E-state index in [9.17, 15) is 24.6 Å². The highest BCUT2D eigenvalue weighted by atomic mass is 32.3. The summed E-state index contributed by atoms with van der Waals surface area (Å²) in [6.45, 7) is 0.591. The highest BCUT2D eigenvalue weighted by Crippen LogP contribution is 2.24. The van der Waals surface area contributed by atoms with Gasteiger partial charge < -0.3 is 0 Å². The SMILES string of the molecule is CCN1S(=O)(=O)N=S(=O)(F)N=S1(=O)F. The van der Waals surface area contributed by atoms with Gasteiger partial charge in [0.15, 0.2) is 0 Å². The molecule has 0 aromatic heterocycles. The molecule has 1 heterocycles. The maximum absolute atomic E-state index is 13.0. The molecule has 0 N–H and O–H groups in total. The molecular formula is C2H5F2N3O4S3. The summed E-state index contributed by atoms with van der Waals surface area (Å²) in [5, 5.41) is 0. The number of rotatable bonds is 1. The van der Waals surface area contributed by atoms with Gasteiger partial charge in [0, 0.05) is 6.54 Å². The summed E-state index contributed by atoms with van der Waals surface area (Å²) in [5.41, 5.74) is 0. The zero-order chi connectivity index (χ0) is 11.2. The molecule has 0 saturated carbocycles. The van der Waals surface area contributed by atoms with Crippen LogP contribution in [0, 0.1) is 0 Å². The third-order valence-electron chi connectivity index (χ3n) is 1.14. The first-order chi connectivity index (χ1) is 6.11. The van der Waals surface area contributed by atoms with E-state index in [1.807, 2.05) is 0 Å². The molecule has 1 aliphatic heterocycles. The summed E-state index contributed by atoms with van der Waals surface area (Å²) >= 11 is 0. The minimum Gasteiger partial charge on any atom is -0.197 e. The Morgan fingerprint density at radius 3 is 2.00 bits per heavy atom. The lowest BCUT2D eigenvalue weighted by molar-refractivity contribution is 0.516. The van der Waals surface area contributed by atoms with Crippen LogP contribution < -0.4 is 0 Å². The predicted octanol–water partition coefficient (Wildman–Crippen LogP) is 0.102. The Morgan fingerprint density at radius 1 is 1.14 bits per heavy atom. The van der Waals surface area contributed by atoms with Crippen molar-refractivity contribution in [3.05, 3.63) is 0 Å². The summed E-state index contributed by atoms with van der Waals surface area (Å²) in [5.74, 6) is 0. The van der Waals surface area contributed by atoms with E-state index in [2.05, 4.69) is 7.54 Å². The molecule has 0 aromatic rings. The van der Waals surface area contributed by atoms with E-state index in [0.717, 1.165) is 6.92 Å². The smallest absolute Gasteiger partial charge is 0.197 e. The standard InChI is InChI=1S/C2H5F2N3O4S3/c1-2-7-13(4,9)5-12(3,8)6-14(7,10)11/h2H2,1H3. The van der Waals surface area contributed by atoms with Crippen molar-refractivity contribution >= 4 is 30.8 Å². The summed E-state index contributed by atoms with van der Waals surface area (Å²) in [6, 6.07) is 0. The minimum atomic E-state index is -5.12. The van der Waals surface area contributed by atoms with Crippen LogP contribution in [-0.4, -0.2) is 27.1 Å². The number of halogens is 2. The summed E-state index contributed by atoms with van der Waals surface area (Å²) in [7, 11) is -15.0. The quantitative estimate of drug-likeness (QED) is 0.631. The van der Waals surface area contributed by atoms with Crippen LogP contribution in [0.2, 0.25) is 0 Å². The first-order valence-corrected chi connectivity index (χ1v) is 7.24. The largest absolute Gasteiger partial charge is 0.347 e. The van der Waals surface area contributed by atoms with Gasteiger partial charge >= 0.3 is 30.8 Å². The molecule has 12 heteroatoms. The van der Waals surface area contributed by atoms with Gasteiger partial charge in [-0.1, -0.05) is 14.4 Å². The summed E-state index contributed by atoms with van der Waals surface area (Å²) < 4.78 is 72.6. The van der Waals surface area contributed by atoms with Crippen molar-refractivity contribution in [3.63, 3.8) is 0 Å². The van der Waals surface area contributed by atoms with Gasteiger partial charge in [-0.25, -0.2) is 0 Å². The average molecular weight is 269 g/mol. The van der Waals surface area contributed by atoms with Crippen molar-refractivity contribution in [1.82, 2.24) is 3.71 Å². The molecule has 0 bridgehead atoms. The molecule has 14 heavy (non-hydrogen) atoms. The van der Waals surface area contributed by atoms with Gasteiger partial charge in [-0.3, -0.25) is 0 Å². The fourth-order valence-electron chi connectivity index (χ4n) is 0.756. The fourth-order valence-corrected chi connectivity index (χ4v) is 5.61. The van der Waals surface area contributed by atoms with E-state index in [0.29, 0.717) is 0 Å². The second-order valence-electron chi connectivity index (χ2n) is 2.11. The highest BCUT2D eigenvalue weighted by Gasteiger charge is 2.38. The molecule has 1 aliphatic rings. The molecule has 84 valence electrons. The Hall–Kier alpha value is -0.330. The van der Waals surface area contributed by atoms with Gasteiger partial charge in [0.05, 0.1) is 0 Å². The normalized spacial score (nSPS) is 42.5. The fraction of sp³-hybridized carbons (Fsp3) is 1.00. The van der Waals surface area contributed by atoms with E-state index in [1.165, 1.54) is 0 Å². The van der Waals surface area contributed by atoms with Gasteiger partial charge in [0.2, 0.25) is 0 Å². The molecule has 1 rings (SSSR count). The maximum atomic E-state index is 13.0. The van der Waals surface area contributed by atoms with Crippen LogP contribution in [0.15, 0.2) is 7.54 Å². The minimum absolute atomic E-state index is 0.261. The van der Waals surface area contributed by atoms with E-state index >= 15 is 0 Å². The Morgan fingerprint density at radius 2 is 1.64 bits per heavy atom. The second-order valence-corrected chi connectivity index (χ2v) is 7.04. The average Bonchev–Trinajstić information content (AvgIpc) is 1.76. The van der Waals surface area contributed by atoms with E-state index in [4.69, 9.17) is 0 Å². The Labute approximate surface area is 80.5 Å². The third-order valence-corrected chi connectivity index (χ3v) is 6.75. The third kappa shape index (κ3) is 2.02. The van der Waals surface area contributed by atoms with Crippen LogP contribution in [0.5, 0.6) is 0 Å². The molecule has 0 saturated heterocycles. The van der Waals surface area contributed by atoms with Crippen LogP contribution in [0.3, 0.4) is 0 Å². The number of hydrogen-bond donors (Lipinski definition) is 0. The lowest BCUT2D eigenvalue weighted by atomic mass is 10.8. The topological polar surface area (TPSA) is 96.2 Å². The monoisotopic (exact) mass is 269 g/mol. The van der Waals surface area contributed by atoms with Crippen LogP contribution in [0.4, 0.5) is 7.77 Å². The van der Waals surface area contributed by atoms with Gasteiger partial charge in [-0.15, -0.1) is 7.77 Å². The van der Waals surface area contributed by atoms with Crippen molar-refractivity contribution in [2.24, 2.45) is 7.54 Å². The lowest BCUT2D eigenvalue weighted by Crippen LogP contribution is -2.35. The van der Waals surface area contributed by atoms with Gasteiger partial charge in [0.25, 0.3) is 0 Å². The van der Waals surface area contributed by atoms with Gasteiger partial charge in [-0.2, -0.15) is 16.8 Å². The van der Waals surface area contributed by atoms with Crippen molar-refractivity contribution in [2.45, 2.75) is 6.92 Å². The molecule has 7 nitrogen and oxygen atoms in total. The first kappa shape index (κ1) is 11.7. The lowest BCUT2D eigenvalue weighted by Gasteiger charge is -2.17. The van der Waals surface area contributed by atoms with E-state index in [-0.39, 0.29) is 3.71 Å². The first-order valence-electron chi connectivity index (χ1n) is 3.09. The maximum Gasteiger partial charge on any atom is 0.347 e. The van der Waals surface area contributed by atoms with Crippen LogP contribution in [0.25, 0.3) is 0 Å². The Kier molecular flexibility index (Phi) is 2.58. The van der Waals surface area contributed by atoms with Gasteiger partial charge in [0.1, 0.15) is 0 Å². The number of hydrogen-bond acceptors (Lipinski definition) is 4. The highest BCUT2D eigenvalue weighted by molar-refractivity contribution is 8.12. The Balaban J connectivity index is 3.67. The molecule has 0 amide bonds. The van der Waals surface area contributed by atoms with Crippen LogP contribution in [0.1, 0.15) is 6.92 Å². The van der Waals surface area contributed by atoms with E-state index in [1.54, 1.807) is 0 Å². The zero-order valence-electron chi connectivity index (χ0n) is 6.66. The Bertz CT molecular complexity index is 577. The molecular weight excluding hydrogens is 264 g/mol. The second kappa shape index (κ2) is 3.08. The van der Waals surface area contributed by atoms with E-state index < -0.39 is 37.4 Å². The molecule has 0 radical (unpaired) electrons. The molecule has 0 aromatic carbocycles. The van der Waals surface area contributed by atoms with Crippen molar-refractivity contribution < 1.29 is 24.6 Å². The summed E-state index contributed by atoms with van der Waals surface area (Å²) in [6.07, 6.45) is 0. The molecule has 0 aliphatic carbocycles. The molecule has 0 spiro atoms. The summed E-state index contributed by atoms with van der Waals surface area (Å²) in [4.78, 5) is 0. The zero-order valence-corrected chi connectivity index (χ0v) is 9.11. The van der Waals surface area contributed by atoms with Crippen molar-refractivity contribution in [2.75, 3.05) is 6.54 Å². The number of nitrogens with zero attached hydrogens (tertiary/aromatic N) is 3. The predicted molar refractivity (Wildman–Crippen MR) is 44.7 cm³/mol. The van der Waals surface area contributed by atoms with Crippen LogP contribution in [-0.2, 0) is 30.8 Å². The van der Waals surface area contributed by atoms with Crippen molar-refractivity contribution in [3.8, 4) is 0 Å². The molecule has 2 unspecified atom stereocenters.